The Morgan fingerprint density at radius 3 is 2.39 bits per heavy atom. The van der Waals surface area contributed by atoms with Crippen LogP contribution in [0.5, 0.6) is 0 Å². The normalized spacial score (nSPS) is 18.7. The third-order valence-electron chi connectivity index (χ3n) is 4.90. The van der Waals surface area contributed by atoms with Gasteiger partial charge in [0.25, 0.3) is 0 Å². The minimum absolute atomic E-state index is 0.180. The van der Waals surface area contributed by atoms with Gasteiger partial charge in [0.1, 0.15) is 18.1 Å². The van der Waals surface area contributed by atoms with E-state index in [1.54, 1.807) is 0 Å². The van der Waals surface area contributed by atoms with E-state index in [-0.39, 0.29) is 19.4 Å². The second-order valence-electron chi connectivity index (χ2n) is 7.23. The molecule has 1 fully saturated rings. The van der Waals surface area contributed by atoms with E-state index in [9.17, 15) is 34.2 Å². The molecule has 0 aliphatic carbocycles. The van der Waals surface area contributed by atoms with Gasteiger partial charge in [-0.15, -0.1) is 0 Å². The Kier molecular flexibility index (Phi) is 11.3. The Hall–Kier alpha value is -2.38. The first kappa shape index (κ1) is 26.7. The fraction of sp³-hybridized carbons (Fsp3) is 0.722. The van der Waals surface area contributed by atoms with Gasteiger partial charge >= 0.3 is 5.97 Å². The number of carboxylic acids is 1. The first-order chi connectivity index (χ1) is 14.6. The zero-order valence-electron chi connectivity index (χ0n) is 17.4. The molecule has 0 aromatic carbocycles. The van der Waals surface area contributed by atoms with Gasteiger partial charge in [0.15, 0.2) is 0 Å². The van der Waals surface area contributed by atoms with Crippen LogP contribution in [0.4, 0.5) is 0 Å². The van der Waals surface area contributed by atoms with E-state index < -0.39 is 60.4 Å². The first-order valence-electron chi connectivity index (χ1n) is 9.90. The molecule has 31 heavy (non-hydrogen) atoms. The van der Waals surface area contributed by atoms with Crippen LogP contribution in [0.1, 0.15) is 32.1 Å². The van der Waals surface area contributed by atoms with Gasteiger partial charge in [-0.3, -0.25) is 19.2 Å². The van der Waals surface area contributed by atoms with E-state index >= 15 is 0 Å². The van der Waals surface area contributed by atoms with Crippen molar-refractivity contribution in [3.8, 4) is 0 Å². The van der Waals surface area contributed by atoms with Crippen molar-refractivity contribution < 1.29 is 34.2 Å². The number of carbonyl (C=O) groups excluding carboxylic acids is 4. The molecular weight excluding hydrogens is 430 g/mol. The Balaban J connectivity index is 2.79. The SMILES string of the molecule is CSCCC(N)C(=O)NC(CO)C(=O)N1CCCC1C(=O)NC(CCC(N)=O)C(=O)O. The minimum Gasteiger partial charge on any atom is -0.480 e. The summed E-state index contributed by atoms with van der Waals surface area (Å²) in [6.45, 7) is -0.470. The zero-order valence-corrected chi connectivity index (χ0v) is 18.2. The summed E-state index contributed by atoms with van der Waals surface area (Å²) >= 11 is 1.52. The predicted molar refractivity (Wildman–Crippen MR) is 113 cm³/mol. The average Bonchev–Trinajstić information content (AvgIpc) is 3.21. The second kappa shape index (κ2) is 13.1. The molecule has 4 unspecified atom stereocenters. The third-order valence-corrected chi connectivity index (χ3v) is 5.54. The molecule has 13 heteroatoms. The number of nitrogens with two attached hydrogens (primary N) is 2. The van der Waals surface area contributed by atoms with E-state index in [0.29, 0.717) is 25.0 Å². The number of likely N-dealkylation sites (tertiary alicyclic amines) is 1. The summed E-state index contributed by atoms with van der Waals surface area (Å²) in [5.74, 6) is -3.31. The fourth-order valence-corrected chi connectivity index (χ4v) is 3.64. The molecule has 176 valence electrons. The molecule has 0 saturated carbocycles. The van der Waals surface area contributed by atoms with Crippen molar-refractivity contribution in [2.75, 3.05) is 25.2 Å². The number of nitrogens with one attached hydrogen (secondary N) is 2. The van der Waals surface area contributed by atoms with Crippen molar-refractivity contribution in [1.82, 2.24) is 15.5 Å². The molecule has 1 heterocycles. The fourth-order valence-electron chi connectivity index (χ4n) is 3.16. The number of nitrogens with zero attached hydrogens (tertiary/aromatic N) is 1. The summed E-state index contributed by atoms with van der Waals surface area (Å²) in [7, 11) is 0. The van der Waals surface area contributed by atoms with Crippen LogP contribution in [-0.2, 0) is 24.0 Å². The quantitative estimate of drug-likeness (QED) is 0.169. The Morgan fingerprint density at radius 1 is 1.16 bits per heavy atom. The van der Waals surface area contributed by atoms with Gasteiger partial charge in [0.05, 0.1) is 12.6 Å². The molecule has 12 nitrogen and oxygen atoms in total. The van der Waals surface area contributed by atoms with E-state index in [4.69, 9.17) is 11.5 Å². The molecule has 1 aliphatic rings. The molecule has 0 spiro atoms. The Morgan fingerprint density at radius 2 is 1.84 bits per heavy atom. The molecule has 4 amide bonds. The predicted octanol–water partition coefficient (Wildman–Crippen LogP) is -2.63. The van der Waals surface area contributed by atoms with Crippen LogP contribution < -0.4 is 22.1 Å². The van der Waals surface area contributed by atoms with Crippen molar-refractivity contribution >= 4 is 41.4 Å². The molecular formula is C18H31N5O7S. The number of rotatable bonds is 13. The molecule has 1 aliphatic heterocycles. The topological polar surface area (TPSA) is 205 Å². The molecule has 1 rings (SSSR count). The lowest BCUT2D eigenvalue weighted by Crippen LogP contribution is -2.57. The highest BCUT2D eigenvalue weighted by Gasteiger charge is 2.39. The Bertz CT molecular complexity index is 678. The maximum Gasteiger partial charge on any atom is 0.326 e. The molecule has 0 aromatic rings. The van der Waals surface area contributed by atoms with Crippen molar-refractivity contribution in [1.29, 1.82) is 0 Å². The van der Waals surface area contributed by atoms with Crippen LogP contribution >= 0.6 is 11.8 Å². The maximum atomic E-state index is 12.8. The van der Waals surface area contributed by atoms with Crippen LogP contribution in [0.25, 0.3) is 0 Å². The van der Waals surface area contributed by atoms with Crippen LogP contribution in [0, 0.1) is 0 Å². The number of thioether (sulfide) groups is 1. The highest BCUT2D eigenvalue weighted by molar-refractivity contribution is 7.98. The number of primary amides is 1. The number of carbonyl (C=O) groups is 5. The number of amides is 4. The van der Waals surface area contributed by atoms with Crippen molar-refractivity contribution in [3.63, 3.8) is 0 Å². The number of aliphatic carboxylic acids is 1. The van der Waals surface area contributed by atoms with E-state index in [1.165, 1.54) is 16.7 Å². The van der Waals surface area contributed by atoms with Gasteiger partial charge in [0, 0.05) is 13.0 Å². The highest BCUT2D eigenvalue weighted by Crippen LogP contribution is 2.19. The lowest BCUT2D eigenvalue weighted by atomic mass is 10.1. The second-order valence-corrected chi connectivity index (χ2v) is 8.21. The number of hydrogen-bond donors (Lipinski definition) is 6. The van der Waals surface area contributed by atoms with Crippen molar-refractivity contribution in [2.24, 2.45) is 11.5 Å². The molecule has 0 radical (unpaired) electrons. The van der Waals surface area contributed by atoms with Crippen LogP contribution in [0.15, 0.2) is 0 Å². The molecule has 8 N–H and O–H groups in total. The Labute approximate surface area is 184 Å². The third kappa shape index (κ3) is 8.34. The lowest BCUT2D eigenvalue weighted by molar-refractivity contribution is -0.145. The number of aliphatic hydroxyl groups excluding tert-OH is 1. The zero-order chi connectivity index (χ0) is 23.6. The lowest BCUT2D eigenvalue weighted by Gasteiger charge is -2.29. The molecule has 4 atom stereocenters. The largest absolute Gasteiger partial charge is 0.480 e. The number of carboxylic acid groups (broad SMARTS) is 1. The van der Waals surface area contributed by atoms with Gasteiger partial charge in [0.2, 0.25) is 23.6 Å². The standard InChI is InChI=1S/C18H31N5O7S/c1-31-8-6-10(19)15(26)22-12(9-24)17(28)23-7-2-3-13(23)16(27)21-11(18(29)30)4-5-14(20)25/h10-13,24H,2-9,19H2,1H3,(H2,20,25)(H,21,27)(H,22,26)(H,29,30). The first-order valence-corrected chi connectivity index (χ1v) is 11.3. The van der Waals surface area contributed by atoms with Crippen molar-refractivity contribution in [3.05, 3.63) is 0 Å². The van der Waals surface area contributed by atoms with E-state index in [1.807, 2.05) is 6.26 Å². The summed E-state index contributed by atoms with van der Waals surface area (Å²) in [5, 5.41) is 23.6. The van der Waals surface area contributed by atoms with Gasteiger partial charge in [-0.2, -0.15) is 11.8 Å². The summed E-state index contributed by atoms with van der Waals surface area (Å²) in [6, 6.07) is -4.40. The van der Waals surface area contributed by atoms with Crippen molar-refractivity contribution in [2.45, 2.75) is 56.3 Å². The molecule has 0 aromatic heterocycles. The van der Waals surface area contributed by atoms with Crippen LogP contribution in [-0.4, -0.2) is 94.0 Å². The summed E-state index contributed by atoms with van der Waals surface area (Å²) in [4.78, 5) is 61.1. The van der Waals surface area contributed by atoms with E-state index in [2.05, 4.69) is 10.6 Å². The van der Waals surface area contributed by atoms with Gasteiger partial charge in [-0.1, -0.05) is 0 Å². The molecule has 0 bridgehead atoms. The summed E-state index contributed by atoms with van der Waals surface area (Å²) in [5.41, 5.74) is 10.8. The maximum absolute atomic E-state index is 12.8. The number of hydrogen-bond acceptors (Lipinski definition) is 8. The van der Waals surface area contributed by atoms with Gasteiger partial charge in [-0.25, -0.2) is 4.79 Å². The van der Waals surface area contributed by atoms with Gasteiger partial charge in [-0.05, 0) is 37.7 Å². The summed E-state index contributed by atoms with van der Waals surface area (Å²) < 4.78 is 0. The number of aliphatic hydroxyl groups is 1. The monoisotopic (exact) mass is 461 g/mol. The van der Waals surface area contributed by atoms with E-state index in [0.717, 1.165) is 0 Å². The van der Waals surface area contributed by atoms with Crippen LogP contribution in [0.3, 0.4) is 0 Å². The summed E-state index contributed by atoms with van der Waals surface area (Å²) in [6.07, 6.45) is 2.64. The highest BCUT2D eigenvalue weighted by atomic mass is 32.2. The molecule has 1 saturated heterocycles. The minimum atomic E-state index is -1.33. The van der Waals surface area contributed by atoms with Crippen LogP contribution in [0.2, 0.25) is 0 Å². The van der Waals surface area contributed by atoms with Gasteiger partial charge < -0.3 is 37.2 Å². The smallest absolute Gasteiger partial charge is 0.326 e. The average molecular weight is 462 g/mol.